The minimum absolute atomic E-state index is 0.0250. The normalized spacial score (nSPS) is 21.1. The van der Waals surface area contributed by atoms with Crippen molar-refractivity contribution in [2.75, 3.05) is 6.54 Å². The summed E-state index contributed by atoms with van der Waals surface area (Å²) < 4.78 is 38.6. The average molecular weight is 271 g/mol. The first-order chi connectivity index (χ1) is 8.43. The number of amidine groups is 1. The van der Waals surface area contributed by atoms with Crippen LogP contribution in [0.25, 0.3) is 0 Å². The van der Waals surface area contributed by atoms with Crippen LogP contribution in [0.1, 0.15) is 12.8 Å². The van der Waals surface area contributed by atoms with Crippen molar-refractivity contribution in [3.8, 4) is 0 Å². The van der Waals surface area contributed by atoms with Crippen molar-refractivity contribution in [2.24, 2.45) is 5.73 Å². The second kappa shape index (κ2) is 4.66. The highest BCUT2D eigenvalue weighted by atomic mass is 32.2. The molecule has 3 N–H and O–H groups in total. The Morgan fingerprint density at radius 1 is 1.39 bits per heavy atom. The zero-order chi connectivity index (χ0) is 13.3. The topological polar surface area (TPSA) is 87.2 Å². The Morgan fingerprint density at radius 2 is 2.00 bits per heavy atom. The van der Waals surface area contributed by atoms with Crippen molar-refractivity contribution in [3.05, 3.63) is 30.1 Å². The number of halogens is 1. The highest BCUT2D eigenvalue weighted by Gasteiger charge is 2.36. The van der Waals surface area contributed by atoms with E-state index in [0.29, 0.717) is 19.4 Å². The van der Waals surface area contributed by atoms with Gasteiger partial charge in [0, 0.05) is 6.54 Å². The molecule has 0 amide bonds. The molecule has 1 aromatic carbocycles. The smallest absolute Gasteiger partial charge is 0.243 e. The summed E-state index contributed by atoms with van der Waals surface area (Å²) in [5.41, 5.74) is 5.40. The van der Waals surface area contributed by atoms with Crippen molar-refractivity contribution >= 4 is 15.9 Å². The summed E-state index contributed by atoms with van der Waals surface area (Å²) >= 11 is 0. The van der Waals surface area contributed by atoms with Gasteiger partial charge in [0.2, 0.25) is 10.0 Å². The maximum atomic E-state index is 12.8. The Bertz CT molecular complexity index is 556. The molecule has 18 heavy (non-hydrogen) atoms. The molecule has 1 fully saturated rings. The number of benzene rings is 1. The number of nitrogens with two attached hydrogens (primary N) is 1. The average Bonchev–Trinajstić information content (AvgIpc) is 2.79. The van der Waals surface area contributed by atoms with Crippen LogP contribution in [0.15, 0.2) is 29.2 Å². The Morgan fingerprint density at radius 3 is 2.56 bits per heavy atom. The van der Waals surface area contributed by atoms with Crippen LogP contribution in [0.4, 0.5) is 4.39 Å². The minimum atomic E-state index is -3.70. The third-order valence-corrected chi connectivity index (χ3v) is 4.91. The Kier molecular flexibility index (Phi) is 3.36. The molecule has 2 rings (SSSR count). The highest BCUT2D eigenvalue weighted by Crippen LogP contribution is 2.25. The van der Waals surface area contributed by atoms with Gasteiger partial charge in [-0.3, -0.25) is 5.41 Å². The van der Waals surface area contributed by atoms with E-state index in [9.17, 15) is 12.8 Å². The number of hydrogen-bond acceptors (Lipinski definition) is 3. The maximum Gasteiger partial charge on any atom is 0.243 e. The molecular formula is C11H14FN3O2S. The number of nitrogens with one attached hydrogen (secondary N) is 1. The van der Waals surface area contributed by atoms with Crippen LogP contribution in [-0.4, -0.2) is 31.1 Å². The molecule has 0 saturated carbocycles. The SMILES string of the molecule is N=C(N)C1CCCN1S(=O)(=O)c1ccc(F)cc1. The van der Waals surface area contributed by atoms with Crippen LogP contribution < -0.4 is 5.73 Å². The zero-order valence-corrected chi connectivity index (χ0v) is 10.5. The number of nitrogens with zero attached hydrogens (tertiary/aromatic N) is 1. The van der Waals surface area contributed by atoms with Crippen LogP contribution in [0.2, 0.25) is 0 Å². The van der Waals surface area contributed by atoms with Gasteiger partial charge in [-0.25, -0.2) is 12.8 Å². The lowest BCUT2D eigenvalue weighted by Crippen LogP contribution is -2.43. The van der Waals surface area contributed by atoms with E-state index in [4.69, 9.17) is 11.1 Å². The van der Waals surface area contributed by atoms with Gasteiger partial charge < -0.3 is 5.73 Å². The third-order valence-electron chi connectivity index (χ3n) is 2.98. The molecule has 1 unspecified atom stereocenters. The van der Waals surface area contributed by atoms with Crippen LogP contribution in [0.3, 0.4) is 0 Å². The molecule has 0 aliphatic carbocycles. The van der Waals surface area contributed by atoms with E-state index < -0.39 is 21.9 Å². The van der Waals surface area contributed by atoms with Crippen molar-refractivity contribution in [1.29, 1.82) is 5.41 Å². The van der Waals surface area contributed by atoms with Gasteiger partial charge in [0.25, 0.3) is 0 Å². The van der Waals surface area contributed by atoms with E-state index >= 15 is 0 Å². The molecule has 1 aliphatic heterocycles. The molecule has 1 heterocycles. The first-order valence-corrected chi connectivity index (χ1v) is 6.98. The third kappa shape index (κ3) is 2.23. The summed E-state index contributed by atoms with van der Waals surface area (Å²) in [6.45, 7) is 0.337. The summed E-state index contributed by atoms with van der Waals surface area (Å²) in [5, 5.41) is 7.41. The van der Waals surface area contributed by atoms with E-state index in [2.05, 4.69) is 0 Å². The summed E-state index contributed by atoms with van der Waals surface area (Å²) in [6, 6.07) is 4.07. The molecule has 5 nitrogen and oxygen atoms in total. The van der Waals surface area contributed by atoms with Crippen molar-refractivity contribution in [2.45, 2.75) is 23.8 Å². The first kappa shape index (κ1) is 13.0. The summed E-state index contributed by atoms with van der Waals surface area (Å²) in [4.78, 5) is 0.0250. The Hall–Kier alpha value is -1.47. The predicted molar refractivity (Wildman–Crippen MR) is 65.2 cm³/mol. The second-order valence-corrected chi connectivity index (χ2v) is 6.07. The maximum absolute atomic E-state index is 12.8. The Labute approximate surface area is 105 Å². The molecular weight excluding hydrogens is 257 g/mol. The van der Waals surface area contributed by atoms with E-state index in [-0.39, 0.29) is 10.7 Å². The molecule has 1 aliphatic rings. The molecule has 1 saturated heterocycles. The van der Waals surface area contributed by atoms with Crippen LogP contribution in [0, 0.1) is 11.2 Å². The van der Waals surface area contributed by atoms with Crippen molar-refractivity contribution < 1.29 is 12.8 Å². The fourth-order valence-corrected chi connectivity index (χ4v) is 3.75. The lowest BCUT2D eigenvalue weighted by atomic mass is 10.2. The molecule has 98 valence electrons. The summed E-state index contributed by atoms with van der Waals surface area (Å²) in [7, 11) is -3.70. The molecule has 0 radical (unpaired) electrons. The largest absolute Gasteiger partial charge is 0.386 e. The van der Waals surface area contributed by atoms with E-state index in [1.807, 2.05) is 0 Å². The van der Waals surface area contributed by atoms with Gasteiger partial charge in [0.05, 0.1) is 10.9 Å². The van der Waals surface area contributed by atoms with Crippen molar-refractivity contribution in [1.82, 2.24) is 4.31 Å². The van der Waals surface area contributed by atoms with Gasteiger partial charge in [-0.1, -0.05) is 0 Å². The number of sulfonamides is 1. The van der Waals surface area contributed by atoms with Crippen molar-refractivity contribution in [3.63, 3.8) is 0 Å². The van der Waals surface area contributed by atoms with Gasteiger partial charge in [0.15, 0.2) is 0 Å². The standard InChI is InChI=1S/C11H14FN3O2S/c12-8-3-5-9(6-4-8)18(16,17)15-7-1-2-10(15)11(13)14/h3-6,10H,1-2,7H2,(H3,13,14). The fourth-order valence-electron chi connectivity index (χ4n) is 2.08. The summed E-state index contributed by atoms with van der Waals surface area (Å²) in [6.07, 6.45) is 1.22. The molecule has 0 spiro atoms. The van der Waals surface area contributed by atoms with E-state index in [0.717, 1.165) is 12.1 Å². The molecule has 1 atom stereocenters. The molecule has 0 bridgehead atoms. The molecule has 0 aromatic heterocycles. The monoisotopic (exact) mass is 271 g/mol. The van der Waals surface area contributed by atoms with Gasteiger partial charge in [-0.05, 0) is 37.1 Å². The predicted octanol–water partition coefficient (Wildman–Crippen LogP) is 0.915. The Balaban J connectivity index is 2.36. The zero-order valence-electron chi connectivity index (χ0n) is 9.64. The lowest BCUT2D eigenvalue weighted by Gasteiger charge is -2.22. The van der Waals surface area contributed by atoms with Gasteiger partial charge in [-0.15, -0.1) is 0 Å². The second-order valence-electron chi connectivity index (χ2n) is 4.18. The fraction of sp³-hybridized carbons (Fsp3) is 0.364. The first-order valence-electron chi connectivity index (χ1n) is 5.54. The van der Waals surface area contributed by atoms with E-state index in [1.54, 1.807) is 0 Å². The van der Waals surface area contributed by atoms with E-state index in [1.165, 1.54) is 16.4 Å². The number of rotatable bonds is 3. The van der Waals surface area contributed by atoms with Gasteiger partial charge in [0.1, 0.15) is 11.7 Å². The highest BCUT2D eigenvalue weighted by molar-refractivity contribution is 7.89. The van der Waals surface area contributed by atoms with Gasteiger partial charge >= 0.3 is 0 Å². The molecule has 7 heteroatoms. The minimum Gasteiger partial charge on any atom is -0.386 e. The summed E-state index contributed by atoms with van der Waals surface area (Å²) in [5.74, 6) is -0.642. The van der Waals surface area contributed by atoms with Gasteiger partial charge in [-0.2, -0.15) is 4.31 Å². The van der Waals surface area contributed by atoms with Crippen LogP contribution >= 0.6 is 0 Å². The number of hydrogen-bond donors (Lipinski definition) is 2. The molecule has 1 aromatic rings. The van der Waals surface area contributed by atoms with Crippen LogP contribution in [-0.2, 0) is 10.0 Å². The lowest BCUT2D eigenvalue weighted by molar-refractivity contribution is 0.443. The van der Waals surface area contributed by atoms with Crippen LogP contribution in [0.5, 0.6) is 0 Å². The quantitative estimate of drug-likeness (QED) is 0.633.